The molecule has 0 radical (unpaired) electrons. The average Bonchev–Trinajstić information content (AvgIpc) is 2.57. The van der Waals surface area contributed by atoms with Gasteiger partial charge in [-0.25, -0.2) is 4.79 Å². The fourth-order valence-electron chi connectivity index (χ4n) is 3.01. The lowest BCUT2D eigenvalue weighted by atomic mass is 10.0. The molecule has 31 heavy (non-hydrogen) atoms. The van der Waals surface area contributed by atoms with Crippen LogP contribution in [0.25, 0.3) is 0 Å². The minimum atomic E-state index is -0.971. The topological polar surface area (TPSA) is 108 Å². The quantitative estimate of drug-likeness (QED) is 0.607. The summed E-state index contributed by atoms with van der Waals surface area (Å²) in [6.07, 6.45) is -0.110. The van der Waals surface area contributed by atoms with E-state index >= 15 is 0 Å². The van der Waals surface area contributed by atoms with Crippen molar-refractivity contribution in [2.75, 3.05) is 6.54 Å². The van der Waals surface area contributed by atoms with Crippen molar-refractivity contribution in [1.82, 2.24) is 15.5 Å². The summed E-state index contributed by atoms with van der Waals surface area (Å²) in [5.41, 5.74) is -0.742. The van der Waals surface area contributed by atoms with E-state index in [4.69, 9.17) is 4.74 Å². The Morgan fingerprint density at radius 3 is 2.23 bits per heavy atom. The van der Waals surface area contributed by atoms with Gasteiger partial charge >= 0.3 is 6.09 Å². The Bertz CT molecular complexity index is 780. The molecule has 0 bridgehead atoms. The number of ether oxygens (including phenoxy) is 1. The van der Waals surface area contributed by atoms with Gasteiger partial charge in [-0.3, -0.25) is 9.59 Å². The summed E-state index contributed by atoms with van der Waals surface area (Å²) in [5, 5.41) is 15.4. The molecule has 3 N–H and O–H groups in total. The van der Waals surface area contributed by atoms with E-state index in [-0.39, 0.29) is 18.2 Å². The van der Waals surface area contributed by atoms with Gasteiger partial charge in [-0.05, 0) is 72.6 Å². The zero-order valence-electron chi connectivity index (χ0n) is 19.9. The normalized spacial score (nSPS) is 13.7. The van der Waals surface area contributed by atoms with Gasteiger partial charge in [0.25, 0.3) is 0 Å². The first-order valence-corrected chi connectivity index (χ1v) is 10.6. The van der Waals surface area contributed by atoms with Crippen LogP contribution in [0.2, 0.25) is 0 Å². The third-order valence-electron chi connectivity index (χ3n) is 4.10. The predicted molar refractivity (Wildman–Crippen MR) is 120 cm³/mol. The number of amides is 3. The van der Waals surface area contributed by atoms with Crippen molar-refractivity contribution in [2.24, 2.45) is 0 Å². The van der Waals surface area contributed by atoms with Crippen molar-refractivity contribution in [3.8, 4) is 5.75 Å². The first-order chi connectivity index (χ1) is 14.1. The molecule has 0 saturated heterocycles. The molecule has 1 aromatic carbocycles. The molecule has 0 heterocycles. The molecule has 2 atom stereocenters. The van der Waals surface area contributed by atoms with Gasteiger partial charge in [0.1, 0.15) is 23.4 Å². The number of nitrogens with one attached hydrogen (secondary N) is 2. The number of phenolic OH excluding ortho intramolecular Hbond substituents is 1. The monoisotopic (exact) mass is 435 g/mol. The summed E-state index contributed by atoms with van der Waals surface area (Å²) in [4.78, 5) is 40.1. The molecule has 0 fully saturated rings. The highest BCUT2D eigenvalue weighted by Crippen LogP contribution is 2.26. The van der Waals surface area contributed by atoms with Crippen LogP contribution in [0.15, 0.2) is 24.3 Å². The van der Waals surface area contributed by atoms with Gasteiger partial charge < -0.3 is 25.4 Å². The van der Waals surface area contributed by atoms with Gasteiger partial charge in [0, 0.05) is 12.1 Å². The van der Waals surface area contributed by atoms with Crippen LogP contribution in [0.1, 0.15) is 73.4 Å². The maximum atomic E-state index is 13.3. The minimum Gasteiger partial charge on any atom is -0.508 e. The van der Waals surface area contributed by atoms with Crippen LogP contribution in [-0.2, 0) is 14.3 Å². The predicted octanol–water partition coefficient (Wildman–Crippen LogP) is 3.50. The van der Waals surface area contributed by atoms with Gasteiger partial charge in [0.15, 0.2) is 0 Å². The lowest BCUT2D eigenvalue weighted by Crippen LogP contribution is -2.54. The van der Waals surface area contributed by atoms with Crippen molar-refractivity contribution >= 4 is 17.9 Å². The summed E-state index contributed by atoms with van der Waals surface area (Å²) in [7, 11) is 0. The molecule has 1 aromatic rings. The first kappa shape index (κ1) is 26.3. The minimum absolute atomic E-state index is 0.00474. The lowest BCUT2D eigenvalue weighted by molar-refractivity contribution is -0.142. The molecule has 1 rings (SSSR count). The van der Waals surface area contributed by atoms with Gasteiger partial charge in [-0.2, -0.15) is 0 Å². The zero-order chi connectivity index (χ0) is 24.0. The molecule has 0 saturated carbocycles. The van der Waals surface area contributed by atoms with Crippen molar-refractivity contribution < 1.29 is 24.2 Å². The average molecular weight is 436 g/mol. The number of carbonyl (C=O) groups is 3. The summed E-state index contributed by atoms with van der Waals surface area (Å²) in [5.74, 6) is -0.802. The second kappa shape index (κ2) is 10.5. The van der Waals surface area contributed by atoms with Crippen molar-refractivity contribution in [2.45, 2.75) is 85.0 Å². The van der Waals surface area contributed by atoms with Crippen molar-refractivity contribution in [3.05, 3.63) is 29.8 Å². The summed E-state index contributed by atoms with van der Waals surface area (Å²) in [6, 6.07) is 4.40. The fourth-order valence-corrected chi connectivity index (χ4v) is 3.01. The van der Waals surface area contributed by atoms with Gasteiger partial charge in [0.05, 0.1) is 0 Å². The molecule has 2 unspecified atom stereocenters. The molecular weight excluding hydrogens is 398 g/mol. The Morgan fingerprint density at radius 2 is 1.74 bits per heavy atom. The maximum absolute atomic E-state index is 13.3. The van der Waals surface area contributed by atoms with E-state index in [1.807, 2.05) is 27.7 Å². The van der Waals surface area contributed by atoms with Crippen molar-refractivity contribution in [1.29, 1.82) is 0 Å². The third-order valence-corrected chi connectivity index (χ3v) is 4.10. The highest BCUT2D eigenvalue weighted by molar-refractivity contribution is 5.92. The van der Waals surface area contributed by atoms with Crippen LogP contribution in [0.3, 0.4) is 0 Å². The number of benzene rings is 1. The second-order valence-corrected chi connectivity index (χ2v) is 9.64. The fraction of sp³-hybridized carbons (Fsp3) is 0.609. The number of nitrogens with zero attached hydrogens (tertiary/aromatic N) is 1. The van der Waals surface area contributed by atoms with Crippen LogP contribution in [-0.4, -0.2) is 51.6 Å². The van der Waals surface area contributed by atoms with E-state index in [1.54, 1.807) is 39.8 Å². The molecule has 0 aliphatic carbocycles. The number of hydrogen-bond acceptors (Lipinski definition) is 5. The smallest absolute Gasteiger partial charge is 0.408 e. The van der Waals surface area contributed by atoms with Crippen LogP contribution < -0.4 is 10.6 Å². The van der Waals surface area contributed by atoms with Gasteiger partial charge in [-0.1, -0.05) is 19.1 Å². The molecule has 8 heteroatoms. The van der Waals surface area contributed by atoms with Gasteiger partial charge in [-0.15, -0.1) is 0 Å². The Hall–Kier alpha value is -2.77. The summed E-state index contributed by atoms with van der Waals surface area (Å²) >= 11 is 0. The Balaban J connectivity index is 3.27. The number of phenols is 1. The number of alkyl carbamates (subject to hydrolysis) is 1. The molecular formula is C23H37N3O5. The molecule has 8 nitrogen and oxygen atoms in total. The highest BCUT2D eigenvalue weighted by atomic mass is 16.6. The van der Waals surface area contributed by atoms with Gasteiger partial charge in [0.2, 0.25) is 11.8 Å². The van der Waals surface area contributed by atoms with Crippen LogP contribution in [0.5, 0.6) is 5.75 Å². The van der Waals surface area contributed by atoms with E-state index in [0.717, 1.165) is 0 Å². The maximum Gasteiger partial charge on any atom is 0.408 e. The lowest BCUT2D eigenvalue weighted by Gasteiger charge is -2.35. The standard InChI is InChI=1S/C23H37N3O5/c1-9-13-26(20(29)15(2)24-21(30)31-23(6,7)8)18(19(28)25-22(3,4)5)16-11-10-12-17(27)14-16/h10-12,14-15,18,27H,9,13H2,1-8H3,(H,24,30)(H,25,28). The Morgan fingerprint density at radius 1 is 1.13 bits per heavy atom. The molecule has 0 aromatic heterocycles. The van der Waals surface area contributed by atoms with Crippen LogP contribution in [0, 0.1) is 0 Å². The molecule has 174 valence electrons. The van der Waals surface area contributed by atoms with Crippen LogP contribution in [0.4, 0.5) is 4.79 Å². The highest BCUT2D eigenvalue weighted by Gasteiger charge is 2.35. The third kappa shape index (κ3) is 8.86. The molecule has 3 amide bonds. The first-order valence-electron chi connectivity index (χ1n) is 10.6. The summed E-state index contributed by atoms with van der Waals surface area (Å²) in [6.45, 7) is 14.5. The number of hydrogen-bond donors (Lipinski definition) is 3. The Kier molecular flexibility index (Phi) is 8.90. The van der Waals surface area contributed by atoms with E-state index < -0.39 is 35.2 Å². The van der Waals surface area contributed by atoms with E-state index in [1.165, 1.54) is 17.0 Å². The van der Waals surface area contributed by atoms with E-state index in [9.17, 15) is 19.5 Å². The largest absolute Gasteiger partial charge is 0.508 e. The number of rotatable bonds is 7. The zero-order valence-corrected chi connectivity index (χ0v) is 19.9. The SMILES string of the molecule is CCCN(C(=O)C(C)NC(=O)OC(C)(C)C)C(C(=O)NC(C)(C)C)c1cccc(O)c1. The number of carbonyl (C=O) groups excluding carboxylic acids is 3. The van der Waals surface area contributed by atoms with Crippen LogP contribution >= 0.6 is 0 Å². The Labute approximate surface area is 185 Å². The molecule has 0 aliphatic rings. The van der Waals surface area contributed by atoms with E-state index in [0.29, 0.717) is 12.0 Å². The summed E-state index contributed by atoms with van der Waals surface area (Å²) < 4.78 is 5.24. The van der Waals surface area contributed by atoms with Crippen molar-refractivity contribution in [3.63, 3.8) is 0 Å². The second-order valence-electron chi connectivity index (χ2n) is 9.64. The molecule has 0 spiro atoms. The number of aromatic hydroxyl groups is 1. The van der Waals surface area contributed by atoms with E-state index in [2.05, 4.69) is 10.6 Å². The molecule has 0 aliphatic heterocycles.